The molecule has 0 atom stereocenters. The Kier molecular flexibility index (Phi) is 4.84. The summed E-state index contributed by atoms with van der Waals surface area (Å²) in [6.07, 6.45) is 1.45. The van der Waals surface area contributed by atoms with Gasteiger partial charge in [-0.2, -0.15) is 0 Å². The fourth-order valence-electron chi connectivity index (χ4n) is 0.980. The predicted octanol–water partition coefficient (Wildman–Crippen LogP) is 3.03. The minimum Gasteiger partial charge on any atom is -0.496 e. The minimum absolute atomic E-state index is 0.542. The lowest BCUT2D eigenvalue weighted by atomic mass is 10.3. The summed E-state index contributed by atoms with van der Waals surface area (Å²) >= 11 is 7.42. The monoisotopic (exact) mass is 230 g/mol. The first-order chi connectivity index (χ1) is 6.77. The van der Waals surface area contributed by atoms with Crippen LogP contribution < -0.4 is 4.74 Å². The molecule has 0 amide bonds. The molecule has 1 aromatic rings. The zero-order valence-electron chi connectivity index (χ0n) is 7.83. The summed E-state index contributed by atoms with van der Waals surface area (Å²) < 4.78 is 5.16. The van der Waals surface area contributed by atoms with E-state index < -0.39 is 0 Å². The Morgan fingerprint density at radius 1 is 1.57 bits per heavy atom. The third-order valence-electron chi connectivity index (χ3n) is 1.62. The lowest BCUT2D eigenvalue weighted by Gasteiger charge is -2.07. The van der Waals surface area contributed by atoms with E-state index in [1.807, 2.05) is 12.1 Å². The Morgan fingerprint density at radius 3 is 3.00 bits per heavy atom. The summed E-state index contributed by atoms with van der Waals surface area (Å²) in [7, 11) is 1.62. The maximum atomic E-state index is 10.1. The molecule has 0 radical (unpaired) electrons. The van der Waals surface area contributed by atoms with Gasteiger partial charge in [0.1, 0.15) is 12.0 Å². The molecule has 1 rings (SSSR count). The van der Waals surface area contributed by atoms with Crippen LogP contribution in [0.2, 0.25) is 5.02 Å². The number of thioether (sulfide) groups is 1. The van der Waals surface area contributed by atoms with Gasteiger partial charge in [0.25, 0.3) is 0 Å². The molecule has 0 heterocycles. The number of ether oxygens (including phenoxy) is 1. The third kappa shape index (κ3) is 3.24. The van der Waals surface area contributed by atoms with Gasteiger partial charge in [-0.1, -0.05) is 11.6 Å². The van der Waals surface area contributed by atoms with E-state index in [1.54, 1.807) is 24.9 Å². The summed E-state index contributed by atoms with van der Waals surface area (Å²) in [4.78, 5) is 11.1. The Balaban J connectivity index is 2.71. The van der Waals surface area contributed by atoms with Crippen LogP contribution in [0.5, 0.6) is 5.75 Å². The van der Waals surface area contributed by atoms with Crippen molar-refractivity contribution < 1.29 is 9.53 Å². The van der Waals surface area contributed by atoms with E-state index in [9.17, 15) is 4.79 Å². The van der Waals surface area contributed by atoms with Gasteiger partial charge in [-0.25, -0.2) is 0 Å². The molecule has 0 unspecified atom stereocenters. The van der Waals surface area contributed by atoms with Gasteiger partial charge < -0.3 is 9.53 Å². The Bertz CT molecular complexity index is 315. The summed E-state index contributed by atoms with van der Waals surface area (Å²) in [5, 5.41) is 0.680. The second-order valence-electron chi connectivity index (χ2n) is 2.60. The molecule has 0 aliphatic carbocycles. The largest absolute Gasteiger partial charge is 0.496 e. The Labute approximate surface area is 92.6 Å². The molecule has 0 spiro atoms. The van der Waals surface area contributed by atoms with E-state index in [0.29, 0.717) is 11.4 Å². The molecule has 1 aromatic carbocycles. The van der Waals surface area contributed by atoms with E-state index >= 15 is 0 Å². The molecule has 0 bridgehead atoms. The zero-order chi connectivity index (χ0) is 10.4. The van der Waals surface area contributed by atoms with Crippen LogP contribution in [-0.4, -0.2) is 19.1 Å². The topological polar surface area (TPSA) is 26.3 Å². The summed E-state index contributed by atoms with van der Waals surface area (Å²) in [5.74, 6) is 1.55. The van der Waals surface area contributed by atoms with E-state index in [0.717, 1.165) is 22.7 Å². The molecule has 76 valence electrons. The number of hydrogen-bond donors (Lipinski definition) is 0. The van der Waals surface area contributed by atoms with Crippen LogP contribution in [0.4, 0.5) is 0 Å². The molecule has 0 saturated carbocycles. The predicted molar refractivity (Wildman–Crippen MR) is 59.4 cm³/mol. The molecule has 0 aliphatic rings. The van der Waals surface area contributed by atoms with Crippen molar-refractivity contribution in [1.29, 1.82) is 0 Å². The van der Waals surface area contributed by atoms with Gasteiger partial charge in [0.2, 0.25) is 0 Å². The van der Waals surface area contributed by atoms with Gasteiger partial charge in [0, 0.05) is 17.2 Å². The van der Waals surface area contributed by atoms with Crippen molar-refractivity contribution in [1.82, 2.24) is 0 Å². The van der Waals surface area contributed by atoms with Crippen LogP contribution in [0.15, 0.2) is 23.1 Å². The van der Waals surface area contributed by atoms with Crippen molar-refractivity contribution >= 4 is 29.6 Å². The van der Waals surface area contributed by atoms with Crippen molar-refractivity contribution in [2.45, 2.75) is 11.3 Å². The summed E-state index contributed by atoms with van der Waals surface area (Å²) in [6.45, 7) is 0. The average molecular weight is 231 g/mol. The SMILES string of the molecule is COc1ccc(Cl)cc1SCCC=O. The molecule has 0 N–H and O–H groups in total. The molecule has 14 heavy (non-hydrogen) atoms. The van der Waals surface area contributed by atoms with Crippen molar-refractivity contribution in [3.8, 4) is 5.75 Å². The average Bonchev–Trinajstić information content (AvgIpc) is 2.19. The Morgan fingerprint density at radius 2 is 2.36 bits per heavy atom. The van der Waals surface area contributed by atoms with Crippen molar-refractivity contribution in [3.63, 3.8) is 0 Å². The minimum atomic E-state index is 0.542. The normalized spacial score (nSPS) is 9.86. The van der Waals surface area contributed by atoms with Crippen LogP contribution in [0.1, 0.15) is 6.42 Å². The van der Waals surface area contributed by atoms with Gasteiger partial charge in [0.05, 0.1) is 12.0 Å². The fourth-order valence-corrected chi connectivity index (χ4v) is 2.16. The van der Waals surface area contributed by atoms with Gasteiger partial charge in [-0.15, -0.1) is 11.8 Å². The van der Waals surface area contributed by atoms with E-state index in [-0.39, 0.29) is 0 Å². The highest BCUT2D eigenvalue weighted by atomic mass is 35.5. The number of benzene rings is 1. The van der Waals surface area contributed by atoms with Crippen molar-refractivity contribution in [2.75, 3.05) is 12.9 Å². The van der Waals surface area contributed by atoms with Gasteiger partial charge in [-0.05, 0) is 18.2 Å². The molecule has 0 saturated heterocycles. The standard InChI is InChI=1S/C10H11ClO2S/c1-13-9-4-3-8(11)7-10(9)14-6-2-5-12/h3-5,7H,2,6H2,1H3. The number of aldehydes is 1. The fraction of sp³-hybridized carbons (Fsp3) is 0.300. The van der Waals surface area contributed by atoms with E-state index in [4.69, 9.17) is 16.3 Å². The Hall–Kier alpha value is -0.670. The summed E-state index contributed by atoms with van der Waals surface area (Å²) in [6, 6.07) is 5.45. The second-order valence-corrected chi connectivity index (χ2v) is 4.17. The number of hydrogen-bond acceptors (Lipinski definition) is 3. The lowest BCUT2D eigenvalue weighted by Crippen LogP contribution is -1.87. The van der Waals surface area contributed by atoms with Crippen LogP contribution >= 0.6 is 23.4 Å². The highest BCUT2D eigenvalue weighted by Gasteiger charge is 2.03. The van der Waals surface area contributed by atoms with Crippen LogP contribution in [0.25, 0.3) is 0 Å². The van der Waals surface area contributed by atoms with Crippen LogP contribution in [-0.2, 0) is 4.79 Å². The number of carbonyl (C=O) groups excluding carboxylic acids is 1. The number of methoxy groups -OCH3 is 1. The second kappa shape index (κ2) is 5.94. The first kappa shape index (κ1) is 11.4. The molecular weight excluding hydrogens is 220 g/mol. The van der Waals surface area contributed by atoms with Crippen molar-refractivity contribution in [2.24, 2.45) is 0 Å². The molecule has 0 aliphatic heterocycles. The first-order valence-electron chi connectivity index (χ1n) is 4.18. The van der Waals surface area contributed by atoms with E-state index in [1.165, 1.54) is 0 Å². The smallest absolute Gasteiger partial charge is 0.132 e. The van der Waals surface area contributed by atoms with Crippen LogP contribution in [0, 0.1) is 0 Å². The maximum absolute atomic E-state index is 10.1. The highest BCUT2D eigenvalue weighted by Crippen LogP contribution is 2.31. The molecular formula is C10H11ClO2S. The van der Waals surface area contributed by atoms with Gasteiger partial charge >= 0.3 is 0 Å². The van der Waals surface area contributed by atoms with Crippen molar-refractivity contribution in [3.05, 3.63) is 23.2 Å². The molecule has 4 heteroatoms. The lowest BCUT2D eigenvalue weighted by molar-refractivity contribution is -0.107. The third-order valence-corrected chi connectivity index (χ3v) is 2.92. The quantitative estimate of drug-likeness (QED) is 0.442. The highest BCUT2D eigenvalue weighted by molar-refractivity contribution is 7.99. The zero-order valence-corrected chi connectivity index (χ0v) is 9.40. The molecule has 2 nitrogen and oxygen atoms in total. The summed E-state index contributed by atoms with van der Waals surface area (Å²) in [5.41, 5.74) is 0. The first-order valence-corrected chi connectivity index (χ1v) is 5.54. The molecule has 0 fully saturated rings. The molecule has 0 aromatic heterocycles. The number of halogens is 1. The number of carbonyl (C=O) groups is 1. The number of rotatable bonds is 5. The van der Waals surface area contributed by atoms with Gasteiger partial charge in [0.15, 0.2) is 0 Å². The van der Waals surface area contributed by atoms with Crippen LogP contribution in [0.3, 0.4) is 0 Å². The maximum Gasteiger partial charge on any atom is 0.132 e. The van der Waals surface area contributed by atoms with Gasteiger partial charge in [-0.3, -0.25) is 0 Å². The van der Waals surface area contributed by atoms with E-state index in [2.05, 4.69) is 0 Å².